The van der Waals surface area contributed by atoms with Crippen molar-refractivity contribution in [3.63, 3.8) is 0 Å². The van der Waals surface area contributed by atoms with Gasteiger partial charge in [0.05, 0.1) is 18.8 Å². The Labute approximate surface area is 105 Å². The molecule has 0 aliphatic carbocycles. The third kappa shape index (κ3) is 3.04. The van der Waals surface area contributed by atoms with Gasteiger partial charge in [0.25, 0.3) is 0 Å². The number of aromatic nitrogens is 3. The molecular formula is C12H16N4O2. The van der Waals surface area contributed by atoms with E-state index in [1.807, 2.05) is 19.2 Å². The first-order chi connectivity index (χ1) is 8.69. The zero-order chi connectivity index (χ0) is 13.0. The number of nitrogens with zero attached hydrogens (tertiary/aromatic N) is 3. The monoisotopic (exact) mass is 248 g/mol. The molecule has 96 valence electrons. The highest BCUT2D eigenvalue weighted by Gasteiger charge is 2.03. The van der Waals surface area contributed by atoms with Gasteiger partial charge in [0.2, 0.25) is 0 Å². The van der Waals surface area contributed by atoms with Crippen LogP contribution in [0.4, 0.5) is 0 Å². The van der Waals surface area contributed by atoms with E-state index < -0.39 is 0 Å². The highest BCUT2D eigenvalue weighted by molar-refractivity contribution is 5.71. The zero-order valence-corrected chi connectivity index (χ0v) is 10.5. The van der Waals surface area contributed by atoms with Crippen LogP contribution < -0.4 is 5.32 Å². The second-order valence-electron chi connectivity index (χ2n) is 3.96. The topological polar surface area (TPSA) is 68.5 Å². The fraction of sp³-hybridized carbons (Fsp3) is 0.417. The first-order valence-electron chi connectivity index (χ1n) is 5.86. The molecule has 1 N–H and O–H groups in total. The van der Waals surface area contributed by atoms with E-state index in [4.69, 9.17) is 4.74 Å². The highest BCUT2D eigenvalue weighted by atomic mass is 16.5. The summed E-state index contributed by atoms with van der Waals surface area (Å²) < 4.78 is 6.55. The van der Waals surface area contributed by atoms with Crippen LogP contribution in [0, 0.1) is 6.92 Å². The van der Waals surface area contributed by atoms with Gasteiger partial charge in [-0.3, -0.25) is 4.79 Å². The number of nitrogens with one attached hydrogen (secondary N) is 1. The molecule has 0 fully saturated rings. The van der Waals surface area contributed by atoms with E-state index >= 15 is 0 Å². The molecule has 6 nitrogen and oxygen atoms in total. The van der Waals surface area contributed by atoms with E-state index in [1.54, 1.807) is 17.6 Å². The third-order valence-corrected chi connectivity index (χ3v) is 2.39. The van der Waals surface area contributed by atoms with Crippen LogP contribution >= 0.6 is 0 Å². The van der Waals surface area contributed by atoms with Crippen LogP contribution in [0.3, 0.4) is 0 Å². The second-order valence-corrected chi connectivity index (χ2v) is 3.96. The minimum atomic E-state index is -0.249. The van der Waals surface area contributed by atoms with Crippen molar-refractivity contribution in [1.29, 1.82) is 0 Å². The number of carbonyl (C=O) groups is 1. The van der Waals surface area contributed by atoms with Gasteiger partial charge in [0.1, 0.15) is 0 Å². The molecule has 2 aromatic heterocycles. The van der Waals surface area contributed by atoms with Crippen LogP contribution in [0.15, 0.2) is 18.5 Å². The molecule has 0 amide bonds. The molecular weight excluding hydrogens is 232 g/mol. The second kappa shape index (κ2) is 5.59. The van der Waals surface area contributed by atoms with Gasteiger partial charge in [0, 0.05) is 30.6 Å². The number of rotatable bonds is 5. The fourth-order valence-electron chi connectivity index (χ4n) is 1.65. The summed E-state index contributed by atoms with van der Waals surface area (Å²) >= 11 is 0. The van der Waals surface area contributed by atoms with E-state index in [-0.39, 0.29) is 12.5 Å². The third-order valence-electron chi connectivity index (χ3n) is 2.39. The first-order valence-corrected chi connectivity index (χ1v) is 5.86. The van der Waals surface area contributed by atoms with Crippen LogP contribution in [0.5, 0.6) is 0 Å². The lowest BCUT2D eigenvalue weighted by atomic mass is 10.3. The van der Waals surface area contributed by atoms with Crippen molar-refractivity contribution in [2.75, 3.05) is 13.2 Å². The molecule has 6 heteroatoms. The van der Waals surface area contributed by atoms with Crippen molar-refractivity contribution in [1.82, 2.24) is 19.9 Å². The highest BCUT2D eigenvalue weighted by Crippen LogP contribution is 2.04. The Morgan fingerprint density at radius 1 is 1.56 bits per heavy atom. The summed E-state index contributed by atoms with van der Waals surface area (Å²) in [5.74, 6) is -0.249. The van der Waals surface area contributed by atoms with E-state index in [2.05, 4.69) is 15.4 Å². The summed E-state index contributed by atoms with van der Waals surface area (Å²) in [5.41, 5.74) is 2.72. The average Bonchev–Trinajstić information content (AvgIpc) is 2.69. The van der Waals surface area contributed by atoms with Crippen LogP contribution in [0.25, 0.3) is 5.65 Å². The molecule has 0 unspecified atom stereocenters. The molecule has 2 heterocycles. The van der Waals surface area contributed by atoms with Gasteiger partial charge < -0.3 is 10.1 Å². The van der Waals surface area contributed by atoms with Gasteiger partial charge in [-0.1, -0.05) is 0 Å². The Hall–Kier alpha value is -1.95. The molecule has 0 spiro atoms. The minimum Gasteiger partial charge on any atom is -0.465 e. The number of hydrogen-bond acceptors (Lipinski definition) is 5. The molecule has 0 radical (unpaired) electrons. The summed E-state index contributed by atoms with van der Waals surface area (Å²) in [6.07, 6.45) is 3.67. The van der Waals surface area contributed by atoms with E-state index in [9.17, 15) is 4.79 Å². The van der Waals surface area contributed by atoms with Gasteiger partial charge in [-0.05, 0) is 13.8 Å². The van der Waals surface area contributed by atoms with Gasteiger partial charge >= 0.3 is 5.97 Å². The Morgan fingerprint density at radius 2 is 2.39 bits per heavy atom. The lowest BCUT2D eigenvalue weighted by Crippen LogP contribution is -2.24. The molecule has 2 aromatic rings. The fourth-order valence-corrected chi connectivity index (χ4v) is 1.65. The summed E-state index contributed by atoms with van der Waals surface area (Å²) in [7, 11) is 0. The smallest absolute Gasteiger partial charge is 0.319 e. The van der Waals surface area contributed by atoms with E-state index in [0.29, 0.717) is 13.2 Å². The normalized spacial score (nSPS) is 10.8. The van der Waals surface area contributed by atoms with Crippen LogP contribution in [-0.4, -0.2) is 33.7 Å². The van der Waals surface area contributed by atoms with Crippen molar-refractivity contribution >= 4 is 11.6 Å². The molecule has 2 rings (SSSR count). The molecule has 0 aliphatic rings. The number of ether oxygens (including phenoxy) is 1. The molecule has 0 aliphatic heterocycles. The predicted octanol–water partition coefficient (Wildman–Crippen LogP) is 0.690. The number of esters is 1. The molecule has 0 saturated carbocycles. The van der Waals surface area contributed by atoms with Crippen molar-refractivity contribution in [2.45, 2.75) is 20.4 Å². The zero-order valence-electron chi connectivity index (χ0n) is 10.5. The maximum Gasteiger partial charge on any atom is 0.319 e. The Balaban J connectivity index is 1.93. The molecule has 0 bridgehead atoms. The quantitative estimate of drug-likeness (QED) is 0.788. The molecule has 0 saturated heterocycles. The van der Waals surface area contributed by atoms with E-state index in [1.165, 1.54) is 0 Å². The average molecular weight is 248 g/mol. The Bertz CT molecular complexity index is 550. The maximum atomic E-state index is 11.1. The van der Waals surface area contributed by atoms with Gasteiger partial charge in [-0.15, -0.1) is 0 Å². The number of aryl methyl sites for hydroxylation is 1. The summed E-state index contributed by atoms with van der Waals surface area (Å²) in [5, 5.41) is 7.28. The Morgan fingerprint density at radius 3 is 3.17 bits per heavy atom. The predicted molar refractivity (Wildman–Crippen MR) is 66.1 cm³/mol. The largest absolute Gasteiger partial charge is 0.465 e. The number of hydrogen-bond donors (Lipinski definition) is 1. The Kier molecular flexibility index (Phi) is 3.88. The molecule has 0 aromatic carbocycles. The van der Waals surface area contributed by atoms with Crippen LogP contribution in [-0.2, 0) is 16.1 Å². The lowest BCUT2D eigenvalue weighted by Gasteiger charge is -2.04. The summed E-state index contributed by atoms with van der Waals surface area (Å²) in [4.78, 5) is 15.4. The summed E-state index contributed by atoms with van der Waals surface area (Å²) in [6.45, 7) is 4.87. The lowest BCUT2D eigenvalue weighted by molar-refractivity contribution is -0.142. The van der Waals surface area contributed by atoms with Crippen molar-refractivity contribution in [3.05, 3.63) is 29.7 Å². The van der Waals surface area contributed by atoms with Crippen molar-refractivity contribution < 1.29 is 9.53 Å². The van der Waals surface area contributed by atoms with Crippen LogP contribution in [0.2, 0.25) is 0 Å². The van der Waals surface area contributed by atoms with Crippen LogP contribution in [0.1, 0.15) is 18.2 Å². The first kappa shape index (κ1) is 12.5. The molecule has 0 atom stereocenters. The van der Waals surface area contributed by atoms with Gasteiger partial charge in [-0.25, -0.2) is 9.50 Å². The van der Waals surface area contributed by atoms with Crippen molar-refractivity contribution in [3.8, 4) is 0 Å². The summed E-state index contributed by atoms with van der Waals surface area (Å²) in [6, 6.07) is 1.91. The van der Waals surface area contributed by atoms with Gasteiger partial charge in [-0.2, -0.15) is 5.10 Å². The molecule has 18 heavy (non-hydrogen) atoms. The van der Waals surface area contributed by atoms with Crippen molar-refractivity contribution in [2.24, 2.45) is 0 Å². The minimum absolute atomic E-state index is 0.198. The number of fused-ring (bicyclic) bond motifs is 1. The van der Waals surface area contributed by atoms with Gasteiger partial charge in [0.15, 0.2) is 5.65 Å². The number of carbonyl (C=O) groups excluding carboxylic acids is 1. The van der Waals surface area contributed by atoms with E-state index in [0.717, 1.165) is 16.9 Å². The SMILES string of the molecule is CCOC(=O)CNCc1cnc2cc(C)nn2c1. The maximum absolute atomic E-state index is 11.1. The standard InChI is InChI=1S/C12H16N4O2/c1-3-18-12(17)7-13-5-10-6-14-11-4-9(2)15-16(11)8-10/h4,6,8,13H,3,5,7H2,1-2H3.